The summed E-state index contributed by atoms with van der Waals surface area (Å²) in [5.74, 6) is -0.0969. The predicted molar refractivity (Wildman–Crippen MR) is 68.1 cm³/mol. The van der Waals surface area contributed by atoms with Crippen LogP contribution >= 0.6 is 0 Å². The molecule has 0 saturated heterocycles. The number of esters is 2. The first kappa shape index (κ1) is 14.9. The molecule has 0 radical (unpaired) electrons. The maximum Gasteiger partial charge on any atom is 0.308 e. The summed E-state index contributed by atoms with van der Waals surface area (Å²) in [7, 11) is 0. The largest absolute Gasteiger partial charge is 0.427 e. The first-order valence-electron chi connectivity index (χ1n) is 5.87. The van der Waals surface area contributed by atoms with Crippen LogP contribution in [0.2, 0.25) is 0 Å². The second kappa shape index (κ2) is 6.68. The minimum absolute atomic E-state index is 0.0339. The lowest BCUT2D eigenvalue weighted by Crippen LogP contribution is -2.06. The molecule has 5 heteroatoms. The molecule has 0 spiro atoms. The highest BCUT2D eigenvalue weighted by Crippen LogP contribution is 2.26. The Morgan fingerprint density at radius 1 is 1.00 bits per heavy atom. The summed E-state index contributed by atoms with van der Waals surface area (Å²) >= 11 is 0. The lowest BCUT2D eigenvalue weighted by Gasteiger charge is -2.10. The highest BCUT2D eigenvalue weighted by Gasteiger charge is 2.10. The van der Waals surface area contributed by atoms with Gasteiger partial charge in [-0.1, -0.05) is 0 Å². The number of aryl methyl sites for hydroxylation is 1. The molecule has 1 aromatic carbocycles. The second-order valence-corrected chi connectivity index (χ2v) is 4.16. The summed E-state index contributed by atoms with van der Waals surface area (Å²) in [4.78, 5) is 32.9. The minimum atomic E-state index is -0.440. The van der Waals surface area contributed by atoms with Crippen LogP contribution in [0, 0.1) is 0 Å². The number of hydrogen-bond acceptors (Lipinski definition) is 5. The number of carbonyl (C=O) groups excluding carboxylic acids is 3. The molecule has 0 aliphatic carbocycles. The molecule has 0 N–H and O–H groups in total. The summed E-state index contributed by atoms with van der Waals surface area (Å²) in [5.41, 5.74) is 0.657. The predicted octanol–water partition coefficient (Wildman–Crippen LogP) is 2.06. The first-order chi connectivity index (χ1) is 8.88. The SMILES string of the molecule is CC(=O)CCc1cc(OC(C)=O)ccc1OC(C)=O. The number of carbonyl (C=O) groups is 3. The van der Waals surface area contributed by atoms with Gasteiger partial charge in [0.15, 0.2) is 0 Å². The molecule has 0 saturated carbocycles. The average molecular weight is 264 g/mol. The maximum absolute atomic E-state index is 11.0. The minimum Gasteiger partial charge on any atom is -0.427 e. The van der Waals surface area contributed by atoms with Crippen LogP contribution in [0.3, 0.4) is 0 Å². The summed E-state index contributed by atoms with van der Waals surface area (Å²) in [5, 5.41) is 0. The van der Waals surface area contributed by atoms with E-state index >= 15 is 0 Å². The molecule has 0 heterocycles. The molecule has 1 rings (SSSR count). The third-order valence-corrected chi connectivity index (χ3v) is 2.29. The molecule has 0 unspecified atom stereocenters. The van der Waals surface area contributed by atoms with Crippen molar-refractivity contribution < 1.29 is 23.9 Å². The number of ether oxygens (including phenoxy) is 2. The summed E-state index contributed by atoms with van der Waals surface area (Å²) in [6, 6.07) is 4.69. The topological polar surface area (TPSA) is 69.7 Å². The zero-order chi connectivity index (χ0) is 14.4. The Kier molecular flexibility index (Phi) is 5.23. The molecular weight excluding hydrogens is 248 g/mol. The standard InChI is InChI=1S/C14H16O5/c1-9(15)4-5-12-8-13(18-10(2)16)6-7-14(12)19-11(3)17/h6-8H,4-5H2,1-3H3. The molecule has 102 valence electrons. The van der Waals surface area contributed by atoms with E-state index in [1.807, 2.05) is 0 Å². The van der Waals surface area contributed by atoms with Crippen molar-refractivity contribution in [1.82, 2.24) is 0 Å². The normalized spacial score (nSPS) is 9.84. The van der Waals surface area contributed by atoms with E-state index in [4.69, 9.17) is 9.47 Å². The Balaban J connectivity index is 2.98. The van der Waals surface area contributed by atoms with Gasteiger partial charge in [0.2, 0.25) is 0 Å². The quantitative estimate of drug-likeness (QED) is 0.601. The van der Waals surface area contributed by atoms with Gasteiger partial charge in [-0.2, -0.15) is 0 Å². The van der Waals surface area contributed by atoms with E-state index in [1.54, 1.807) is 12.1 Å². The highest BCUT2D eigenvalue weighted by atomic mass is 16.5. The molecule has 0 amide bonds. The van der Waals surface area contributed by atoms with E-state index in [2.05, 4.69) is 0 Å². The molecular formula is C14H16O5. The van der Waals surface area contributed by atoms with E-state index < -0.39 is 11.9 Å². The van der Waals surface area contributed by atoms with Crippen molar-refractivity contribution in [3.8, 4) is 11.5 Å². The second-order valence-electron chi connectivity index (χ2n) is 4.16. The lowest BCUT2D eigenvalue weighted by atomic mass is 10.1. The Hall–Kier alpha value is -2.17. The molecule has 5 nitrogen and oxygen atoms in total. The van der Waals surface area contributed by atoms with Crippen LogP contribution in [0.1, 0.15) is 32.8 Å². The fourth-order valence-electron chi connectivity index (χ4n) is 1.55. The van der Waals surface area contributed by atoms with Gasteiger partial charge < -0.3 is 14.3 Å². The summed E-state index contributed by atoms with van der Waals surface area (Å²) in [6.45, 7) is 4.09. The lowest BCUT2D eigenvalue weighted by molar-refractivity contribution is -0.133. The average Bonchev–Trinajstić information content (AvgIpc) is 2.27. The van der Waals surface area contributed by atoms with Crippen LogP contribution in [0.4, 0.5) is 0 Å². The smallest absolute Gasteiger partial charge is 0.308 e. The van der Waals surface area contributed by atoms with Crippen LogP contribution in [0.5, 0.6) is 11.5 Å². The van der Waals surface area contributed by atoms with Gasteiger partial charge in [-0.3, -0.25) is 9.59 Å². The van der Waals surface area contributed by atoms with Crippen molar-refractivity contribution in [2.45, 2.75) is 33.6 Å². The maximum atomic E-state index is 11.0. The van der Waals surface area contributed by atoms with Crippen LogP contribution in [-0.2, 0) is 20.8 Å². The van der Waals surface area contributed by atoms with Gasteiger partial charge in [0, 0.05) is 20.3 Å². The molecule has 0 bridgehead atoms. The van der Waals surface area contributed by atoms with Gasteiger partial charge in [-0.25, -0.2) is 0 Å². The van der Waals surface area contributed by atoms with E-state index in [1.165, 1.54) is 26.8 Å². The number of rotatable bonds is 5. The Labute approximate surface area is 111 Å². The first-order valence-corrected chi connectivity index (χ1v) is 5.87. The Bertz CT molecular complexity index is 505. The fourth-order valence-corrected chi connectivity index (χ4v) is 1.55. The zero-order valence-corrected chi connectivity index (χ0v) is 11.2. The van der Waals surface area contributed by atoms with E-state index in [-0.39, 0.29) is 5.78 Å². The zero-order valence-electron chi connectivity index (χ0n) is 11.2. The monoisotopic (exact) mass is 264 g/mol. The van der Waals surface area contributed by atoms with Crippen molar-refractivity contribution >= 4 is 17.7 Å². The van der Waals surface area contributed by atoms with Crippen molar-refractivity contribution in [2.75, 3.05) is 0 Å². The summed E-state index contributed by atoms with van der Waals surface area (Å²) < 4.78 is 10.0. The molecule has 0 atom stereocenters. The summed E-state index contributed by atoms with van der Waals surface area (Å²) in [6.07, 6.45) is 0.755. The van der Waals surface area contributed by atoms with E-state index in [9.17, 15) is 14.4 Å². The van der Waals surface area contributed by atoms with Gasteiger partial charge in [0.05, 0.1) is 0 Å². The number of Topliss-reactive ketones (excluding diaryl/α,β-unsaturated/α-hetero) is 1. The third kappa shape index (κ3) is 5.33. The third-order valence-electron chi connectivity index (χ3n) is 2.29. The van der Waals surface area contributed by atoms with Gasteiger partial charge in [0.1, 0.15) is 17.3 Å². The van der Waals surface area contributed by atoms with Crippen LogP contribution in [0.25, 0.3) is 0 Å². The number of hydrogen-bond donors (Lipinski definition) is 0. The highest BCUT2D eigenvalue weighted by molar-refractivity contribution is 5.76. The van der Waals surface area contributed by atoms with Crippen LogP contribution < -0.4 is 9.47 Å². The van der Waals surface area contributed by atoms with Gasteiger partial charge in [-0.05, 0) is 37.1 Å². The molecule has 0 fully saturated rings. The molecule has 0 aromatic heterocycles. The van der Waals surface area contributed by atoms with Crippen molar-refractivity contribution in [2.24, 2.45) is 0 Å². The van der Waals surface area contributed by atoms with Gasteiger partial charge in [-0.15, -0.1) is 0 Å². The van der Waals surface area contributed by atoms with Crippen LogP contribution in [-0.4, -0.2) is 17.7 Å². The van der Waals surface area contributed by atoms with Crippen molar-refractivity contribution in [3.63, 3.8) is 0 Å². The van der Waals surface area contributed by atoms with E-state index in [0.717, 1.165) is 0 Å². The van der Waals surface area contributed by atoms with Crippen molar-refractivity contribution in [1.29, 1.82) is 0 Å². The molecule has 19 heavy (non-hydrogen) atoms. The Morgan fingerprint density at radius 2 is 1.63 bits per heavy atom. The fraction of sp³-hybridized carbons (Fsp3) is 0.357. The molecule has 0 aliphatic rings. The van der Waals surface area contributed by atoms with Gasteiger partial charge >= 0.3 is 11.9 Å². The number of ketones is 1. The van der Waals surface area contributed by atoms with E-state index in [0.29, 0.717) is 29.9 Å². The van der Waals surface area contributed by atoms with Gasteiger partial charge in [0.25, 0.3) is 0 Å². The molecule has 0 aliphatic heterocycles. The number of benzene rings is 1. The molecule has 1 aromatic rings. The van der Waals surface area contributed by atoms with Crippen LogP contribution in [0.15, 0.2) is 18.2 Å². The Morgan fingerprint density at radius 3 is 2.16 bits per heavy atom. The van der Waals surface area contributed by atoms with Crippen molar-refractivity contribution in [3.05, 3.63) is 23.8 Å².